The van der Waals surface area contributed by atoms with Crippen LogP contribution >= 0.6 is 11.8 Å². The van der Waals surface area contributed by atoms with Gasteiger partial charge < -0.3 is 5.32 Å². The van der Waals surface area contributed by atoms with Crippen molar-refractivity contribution in [2.75, 3.05) is 16.0 Å². The van der Waals surface area contributed by atoms with E-state index in [0.717, 1.165) is 30.5 Å². The number of halogens is 1. The highest BCUT2D eigenvalue weighted by atomic mass is 32.2. The van der Waals surface area contributed by atoms with Gasteiger partial charge in [-0.25, -0.2) is 4.39 Å². The van der Waals surface area contributed by atoms with Crippen molar-refractivity contribution < 1.29 is 14.0 Å². The van der Waals surface area contributed by atoms with Crippen molar-refractivity contribution in [2.45, 2.75) is 44.9 Å². The number of anilines is 2. The summed E-state index contributed by atoms with van der Waals surface area (Å²) in [4.78, 5) is 26.0. The van der Waals surface area contributed by atoms with E-state index in [9.17, 15) is 14.0 Å². The Hall–Kier alpha value is -2.34. The van der Waals surface area contributed by atoms with Crippen molar-refractivity contribution in [1.82, 2.24) is 0 Å². The number of amides is 2. The summed E-state index contributed by atoms with van der Waals surface area (Å²) in [7, 11) is 0. The molecule has 1 atom stereocenters. The van der Waals surface area contributed by atoms with Crippen LogP contribution in [0.2, 0.25) is 0 Å². The van der Waals surface area contributed by atoms with Crippen LogP contribution in [0.4, 0.5) is 15.8 Å². The van der Waals surface area contributed by atoms with Gasteiger partial charge in [0.05, 0.1) is 5.75 Å². The maximum absolute atomic E-state index is 14.0. The van der Waals surface area contributed by atoms with Crippen molar-refractivity contribution in [3.8, 4) is 0 Å². The molecule has 0 radical (unpaired) electrons. The highest BCUT2D eigenvalue weighted by Crippen LogP contribution is 2.42. The molecule has 2 aromatic rings. The number of nitrogens with zero attached hydrogens (tertiary/aromatic N) is 1. The van der Waals surface area contributed by atoms with E-state index < -0.39 is 0 Å². The first-order valence-electron chi connectivity index (χ1n) is 9.59. The fourth-order valence-electron chi connectivity index (χ4n) is 3.17. The smallest absolute Gasteiger partial charge is 0.238 e. The van der Waals surface area contributed by atoms with Crippen LogP contribution in [0.25, 0.3) is 0 Å². The van der Waals surface area contributed by atoms with E-state index in [1.807, 2.05) is 24.3 Å². The van der Waals surface area contributed by atoms with Gasteiger partial charge in [0, 0.05) is 17.8 Å². The van der Waals surface area contributed by atoms with E-state index in [-0.39, 0.29) is 23.0 Å². The molecule has 1 saturated heterocycles. The van der Waals surface area contributed by atoms with E-state index >= 15 is 0 Å². The second-order valence-electron chi connectivity index (χ2n) is 6.99. The Balaban J connectivity index is 1.72. The van der Waals surface area contributed by atoms with Crippen LogP contribution in [-0.4, -0.2) is 17.6 Å². The summed E-state index contributed by atoms with van der Waals surface area (Å²) in [5.74, 6) is 0.0211. The number of carbonyl (C=O) groups excluding carboxylic acids is 2. The summed E-state index contributed by atoms with van der Waals surface area (Å²) in [6.45, 7) is 3.81. The lowest BCUT2D eigenvalue weighted by Gasteiger charge is -2.25. The third-order valence-corrected chi connectivity index (χ3v) is 6.00. The van der Waals surface area contributed by atoms with E-state index in [1.54, 1.807) is 24.0 Å². The summed E-state index contributed by atoms with van der Waals surface area (Å²) in [5, 5.41) is 2.70. The largest absolute Gasteiger partial charge is 0.326 e. The zero-order valence-electron chi connectivity index (χ0n) is 16.2. The molecular formula is C22H25FN2O2S. The van der Waals surface area contributed by atoms with Crippen LogP contribution in [0.1, 0.15) is 49.1 Å². The lowest BCUT2D eigenvalue weighted by atomic mass is 10.1. The Morgan fingerprint density at radius 2 is 1.96 bits per heavy atom. The molecule has 1 aliphatic rings. The van der Waals surface area contributed by atoms with Crippen LogP contribution in [0, 0.1) is 12.7 Å². The van der Waals surface area contributed by atoms with Crippen molar-refractivity contribution in [3.05, 3.63) is 59.4 Å². The highest BCUT2D eigenvalue weighted by molar-refractivity contribution is 8.00. The maximum Gasteiger partial charge on any atom is 0.238 e. The van der Waals surface area contributed by atoms with Crippen molar-refractivity contribution in [3.63, 3.8) is 0 Å². The predicted molar refractivity (Wildman–Crippen MR) is 113 cm³/mol. The van der Waals surface area contributed by atoms with Crippen LogP contribution in [0.5, 0.6) is 0 Å². The van der Waals surface area contributed by atoms with Gasteiger partial charge in [0.1, 0.15) is 11.2 Å². The van der Waals surface area contributed by atoms with E-state index in [4.69, 9.17) is 0 Å². The third kappa shape index (κ3) is 4.73. The van der Waals surface area contributed by atoms with Crippen LogP contribution in [0.15, 0.2) is 42.5 Å². The summed E-state index contributed by atoms with van der Waals surface area (Å²) < 4.78 is 14.0. The van der Waals surface area contributed by atoms with E-state index in [1.165, 1.54) is 17.8 Å². The van der Waals surface area contributed by atoms with Gasteiger partial charge in [-0.05, 0) is 48.7 Å². The number of aryl methyl sites for hydroxylation is 1. The molecule has 0 saturated carbocycles. The fraction of sp³-hybridized carbons (Fsp3) is 0.364. The molecule has 28 heavy (non-hydrogen) atoms. The lowest BCUT2D eigenvalue weighted by molar-refractivity contribution is -0.116. The number of hydrogen-bond donors (Lipinski definition) is 1. The molecule has 148 valence electrons. The summed E-state index contributed by atoms with van der Waals surface area (Å²) in [6.07, 6.45) is 3.55. The average Bonchev–Trinajstić information content (AvgIpc) is 3.06. The van der Waals surface area contributed by atoms with Crippen LogP contribution < -0.4 is 10.2 Å². The number of thioether (sulfide) groups is 1. The van der Waals surface area contributed by atoms with Crippen molar-refractivity contribution >= 4 is 35.0 Å². The minimum atomic E-state index is -0.318. The van der Waals surface area contributed by atoms with Crippen molar-refractivity contribution in [1.29, 1.82) is 0 Å². The normalized spacial score (nSPS) is 16.5. The number of rotatable bonds is 7. The SMILES string of the molecule is CCCCCC(=O)Nc1ccc(C2SCC(=O)N2c2ccc(C)c(F)c2)cc1. The molecular weight excluding hydrogens is 375 g/mol. The number of hydrogen-bond acceptors (Lipinski definition) is 3. The number of carbonyl (C=O) groups is 2. The van der Waals surface area contributed by atoms with Gasteiger partial charge in [0.25, 0.3) is 0 Å². The molecule has 4 nitrogen and oxygen atoms in total. The molecule has 1 heterocycles. The molecule has 3 rings (SSSR count). The van der Waals surface area contributed by atoms with Gasteiger partial charge >= 0.3 is 0 Å². The third-order valence-electron chi connectivity index (χ3n) is 4.79. The topological polar surface area (TPSA) is 49.4 Å². The Morgan fingerprint density at radius 3 is 2.64 bits per heavy atom. The monoisotopic (exact) mass is 400 g/mol. The Kier molecular flexibility index (Phi) is 6.73. The van der Waals surface area contributed by atoms with E-state index in [0.29, 0.717) is 23.4 Å². The van der Waals surface area contributed by atoms with Gasteiger partial charge in [-0.3, -0.25) is 14.5 Å². The molecule has 0 spiro atoms. The standard InChI is InChI=1S/C22H25FN2O2S/c1-3-4-5-6-20(26)24-17-10-8-16(9-11-17)22-25(21(27)14-28-22)18-12-7-15(2)19(23)13-18/h7-13,22H,3-6,14H2,1-2H3,(H,24,26). The summed E-state index contributed by atoms with van der Waals surface area (Å²) in [5.41, 5.74) is 2.81. The molecule has 0 bridgehead atoms. The first-order valence-corrected chi connectivity index (χ1v) is 10.6. The van der Waals surface area contributed by atoms with Gasteiger partial charge in [-0.15, -0.1) is 11.8 Å². The minimum absolute atomic E-state index is 0.0170. The molecule has 2 amide bonds. The number of unbranched alkanes of at least 4 members (excludes halogenated alkanes) is 2. The number of benzene rings is 2. The maximum atomic E-state index is 14.0. The fourth-order valence-corrected chi connectivity index (χ4v) is 4.35. The highest BCUT2D eigenvalue weighted by Gasteiger charge is 2.34. The van der Waals surface area contributed by atoms with Crippen LogP contribution in [-0.2, 0) is 9.59 Å². The molecule has 1 unspecified atom stereocenters. The molecule has 1 aliphatic heterocycles. The summed E-state index contributed by atoms with van der Waals surface area (Å²) in [6, 6.07) is 12.4. The quantitative estimate of drug-likeness (QED) is 0.630. The second kappa shape index (κ2) is 9.24. The molecule has 1 fully saturated rings. The molecule has 0 aromatic heterocycles. The van der Waals surface area contributed by atoms with Gasteiger partial charge in [-0.1, -0.05) is 38.0 Å². The van der Waals surface area contributed by atoms with Crippen LogP contribution in [0.3, 0.4) is 0 Å². The molecule has 2 aromatic carbocycles. The average molecular weight is 401 g/mol. The Morgan fingerprint density at radius 1 is 1.21 bits per heavy atom. The van der Waals surface area contributed by atoms with Gasteiger partial charge in [0.2, 0.25) is 11.8 Å². The van der Waals surface area contributed by atoms with Gasteiger partial charge in [0.15, 0.2) is 0 Å². The van der Waals surface area contributed by atoms with Crippen molar-refractivity contribution in [2.24, 2.45) is 0 Å². The first-order chi connectivity index (χ1) is 13.5. The zero-order valence-corrected chi connectivity index (χ0v) is 17.0. The predicted octanol–water partition coefficient (Wildman–Crippen LogP) is 5.43. The number of nitrogens with one attached hydrogen (secondary N) is 1. The second-order valence-corrected chi connectivity index (χ2v) is 8.06. The van der Waals surface area contributed by atoms with Gasteiger partial charge in [-0.2, -0.15) is 0 Å². The zero-order chi connectivity index (χ0) is 20.1. The summed E-state index contributed by atoms with van der Waals surface area (Å²) >= 11 is 1.52. The Labute approximate surface area is 169 Å². The minimum Gasteiger partial charge on any atom is -0.326 e. The van der Waals surface area contributed by atoms with E-state index in [2.05, 4.69) is 12.2 Å². The first kappa shape index (κ1) is 20.4. The molecule has 6 heteroatoms. The Bertz CT molecular complexity index is 854. The molecule has 0 aliphatic carbocycles. The molecule has 1 N–H and O–H groups in total. The lowest BCUT2D eigenvalue weighted by Crippen LogP contribution is -2.28.